The molecule has 0 aliphatic rings. The summed E-state index contributed by atoms with van der Waals surface area (Å²) in [4.78, 5) is 0. The number of benzene rings is 1. The van der Waals surface area contributed by atoms with E-state index in [0.717, 1.165) is 18.5 Å². The topological polar surface area (TPSA) is 32.3 Å². The first kappa shape index (κ1) is 8.80. The van der Waals surface area contributed by atoms with Gasteiger partial charge in [-0.1, -0.05) is 12.1 Å². The van der Waals surface area contributed by atoms with Gasteiger partial charge in [-0.05, 0) is 24.1 Å². The molecule has 2 nitrogen and oxygen atoms in total. The Morgan fingerprint density at radius 1 is 1.45 bits per heavy atom. The lowest BCUT2D eigenvalue weighted by Gasteiger charge is -1.99. The lowest BCUT2D eigenvalue weighted by atomic mass is 10.1. The summed E-state index contributed by atoms with van der Waals surface area (Å²) in [7, 11) is 0. The molecule has 0 atom stereocenters. The summed E-state index contributed by atoms with van der Waals surface area (Å²) in [5.74, 6) is 0.343. The fraction of sp³-hybridized carbons (Fsp3) is 0.250. The minimum Gasteiger partial charge on any atom is -0.508 e. The Morgan fingerprint density at radius 3 is 2.91 bits per heavy atom. The average Bonchev–Trinajstić information content (AvgIpc) is 2.01. The fourth-order valence-corrected chi connectivity index (χ4v) is 1.17. The molecule has 0 aliphatic carbocycles. The van der Waals surface area contributed by atoms with Crippen molar-refractivity contribution in [1.82, 2.24) is 3.53 Å². The lowest BCUT2D eigenvalue weighted by molar-refractivity contribution is 0.474. The van der Waals surface area contributed by atoms with Crippen LogP contribution in [0.2, 0.25) is 0 Å². The van der Waals surface area contributed by atoms with Crippen LogP contribution in [0.25, 0.3) is 0 Å². The molecule has 0 heterocycles. The van der Waals surface area contributed by atoms with Crippen LogP contribution in [-0.2, 0) is 6.42 Å². The second-order valence-corrected chi connectivity index (χ2v) is 3.07. The van der Waals surface area contributed by atoms with Crippen LogP contribution in [-0.4, -0.2) is 11.7 Å². The van der Waals surface area contributed by atoms with E-state index in [2.05, 4.69) is 26.4 Å². The molecule has 0 fully saturated rings. The maximum Gasteiger partial charge on any atom is 0.115 e. The van der Waals surface area contributed by atoms with E-state index in [-0.39, 0.29) is 0 Å². The maximum absolute atomic E-state index is 9.09. The highest BCUT2D eigenvalue weighted by Crippen LogP contribution is 2.10. The van der Waals surface area contributed by atoms with Crippen molar-refractivity contribution in [2.24, 2.45) is 0 Å². The number of phenols is 1. The minimum absolute atomic E-state index is 0.343. The van der Waals surface area contributed by atoms with Gasteiger partial charge in [0.15, 0.2) is 0 Å². The molecule has 0 saturated heterocycles. The Bertz CT molecular complexity index is 227. The molecule has 0 unspecified atom stereocenters. The quantitative estimate of drug-likeness (QED) is 0.644. The number of phenolic OH excluding ortho intramolecular Hbond substituents is 1. The standard InChI is InChI=1S/C8H10INO/c9-10-5-4-7-2-1-3-8(11)6-7/h1-3,6,10-11H,4-5H2. The summed E-state index contributed by atoms with van der Waals surface area (Å²) in [6, 6.07) is 7.33. The highest BCUT2D eigenvalue weighted by Gasteiger charge is 1.92. The molecule has 1 rings (SSSR count). The predicted octanol–water partition coefficient (Wildman–Crippen LogP) is 1.87. The smallest absolute Gasteiger partial charge is 0.115 e. The molecule has 0 spiro atoms. The Labute approximate surface area is 80.1 Å². The van der Waals surface area contributed by atoms with Gasteiger partial charge in [0, 0.05) is 29.4 Å². The van der Waals surface area contributed by atoms with Crippen molar-refractivity contribution in [3.63, 3.8) is 0 Å². The second kappa shape index (κ2) is 4.56. The van der Waals surface area contributed by atoms with E-state index in [1.165, 1.54) is 0 Å². The van der Waals surface area contributed by atoms with Crippen LogP contribution in [0.1, 0.15) is 5.56 Å². The van der Waals surface area contributed by atoms with Gasteiger partial charge in [0.1, 0.15) is 5.75 Å². The first-order valence-corrected chi connectivity index (χ1v) is 4.52. The molecule has 0 aliphatic heterocycles. The van der Waals surface area contributed by atoms with Crippen molar-refractivity contribution >= 4 is 22.9 Å². The molecule has 3 heteroatoms. The third-order valence-corrected chi connectivity index (χ3v) is 1.96. The van der Waals surface area contributed by atoms with E-state index >= 15 is 0 Å². The maximum atomic E-state index is 9.09. The first-order chi connectivity index (χ1) is 5.33. The molecule has 1 aromatic carbocycles. The molecule has 1 aromatic rings. The minimum atomic E-state index is 0.343. The van der Waals surface area contributed by atoms with Crippen LogP contribution >= 0.6 is 22.9 Å². The zero-order chi connectivity index (χ0) is 8.10. The zero-order valence-corrected chi connectivity index (χ0v) is 8.21. The molecular weight excluding hydrogens is 253 g/mol. The van der Waals surface area contributed by atoms with Crippen molar-refractivity contribution in [1.29, 1.82) is 0 Å². The number of aromatic hydroxyl groups is 1. The van der Waals surface area contributed by atoms with Crippen molar-refractivity contribution in [3.8, 4) is 5.75 Å². The van der Waals surface area contributed by atoms with Crippen molar-refractivity contribution < 1.29 is 5.11 Å². The molecule has 11 heavy (non-hydrogen) atoms. The molecular formula is C8H10INO. The normalized spacial score (nSPS) is 9.91. The number of halogens is 1. The van der Waals surface area contributed by atoms with Gasteiger partial charge in [-0.2, -0.15) is 0 Å². The monoisotopic (exact) mass is 263 g/mol. The SMILES string of the molecule is Oc1cccc(CCNI)c1. The van der Waals surface area contributed by atoms with Crippen LogP contribution in [0.15, 0.2) is 24.3 Å². The zero-order valence-electron chi connectivity index (χ0n) is 6.05. The lowest BCUT2D eigenvalue weighted by Crippen LogP contribution is -2.03. The number of rotatable bonds is 3. The molecule has 60 valence electrons. The molecule has 0 saturated carbocycles. The van der Waals surface area contributed by atoms with E-state index in [1.807, 2.05) is 12.1 Å². The van der Waals surface area contributed by atoms with Crippen LogP contribution in [0.3, 0.4) is 0 Å². The first-order valence-electron chi connectivity index (χ1n) is 3.44. The third-order valence-electron chi connectivity index (χ3n) is 1.42. The van der Waals surface area contributed by atoms with Gasteiger partial charge < -0.3 is 5.11 Å². The van der Waals surface area contributed by atoms with Gasteiger partial charge >= 0.3 is 0 Å². The third kappa shape index (κ3) is 3.07. The van der Waals surface area contributed by atoms with Gasteiger partial charge in [0.2, 0.25) is 0 Å². The number of hydrogen-bond acceptors (Lipinski definition) is 2. The van der Waals surface area contributed by atoms with Gasteiger partial charge in [-0.25, -0.2) is 0 Å². The van der Waals surface area contributed by atoms with Gasteiger partial charge in [0.25, 0.3) is 0 Å². The van der Waals surface area contributed by atoms with Gasteiger partial charge in [-0.3, -0.25) is 3.53 Å². The average molecular weight is 263 g/mol. The Kier molecular flexibility index (Phi) is 3.65. The van der Waals surface area contributed by atoms with Crippen molar-refractivity contribution in [2.75, 3.05) is 6.54 Å². The Morgan fingerprint density at radius 2 is 2.27 bits per heavy atom. The van der Waals surface area contributed by atoms with Crippen LogP contribution in [0.4, 0.5) is 0 Å². The fourth-order valence-electron chi connectivity index (χ4n) is 0.904. The van der Waals surface area contributed by atoms with E-state index in [9.17, 15) is 0 Å². The summed E-state index contributed by atoms with van der Waals surface area (Å²) in [5.41, 5.74) is 1.16. The number of nitrogens with one attached hydrogen (secondary N) is 1. The predicted molar refractivity (Wildman–Crippen MR) is 53.8 cm³/mol. The molecule has 0 bridgehead atoms. The van der Waals surface area contributed by atoms with E-state index in [1.54, 1.807) is 12.1 Å². The van der Waals surface area contributed by atoms with E-state index < -0.39 is 0 Å². The summed E-state index contributed by atoms with van der Waals surface area (Å²) >= 11 is 2.11. The highest BCUT2D eigenvalue weighted by molar-refractivity contribution is 14.1. The Hall–Kier alpha value is -0.290. The van der Waals surface area contributed by atoms with E-state index in [4.69, 9.17) is 5.11 Å². The van der Waals surface area contributed by atoms with Crippen LogP contribution in [0.5, 0.6) is 5.75 Å². The largest absolute Gasteiger partial charge is 0.508 e. The van der Waals surface area contributed by atoms with Crippen LogP contribution in [0, 0.1) is 0 Å². The van der Waals surface area contributed by atoms with Gasteiger partial charge in [0.05, 0.1) is 0 Å². The summed E-state index contributed by atoms with van der Waals surface area (Å²) in [5, 5.41) is 9.09. The molecule has 2 N–H and O–H groups in total. The summed E-state index contributed by atoms with van der Waals surface area (Å²) in [6.45, 7) is 0.935. The second-order valence-electron chi connectivity index (χ2n) is 2.30. The van der Waals surface area contributed by atoms with Crippen molar-refractivity contribution in [3.05, 3.63) is 29.8 Å². The summed E-state index contributed by atoms with van der Waals surface area (Å²) in [6.07, 6.45) is 0.956. The van der Waals surface area contributed by atoms with E-state index in [0.29, 0.717) is 5.75 Å². The molecule has 0 aromatic heterocycles. The van der Waals surface area contributed by atoms with Crippen molar-refractivity contribution in [2.45, 2.75) is 6.42 Å². The highest BCUT2D eigenvalue weighted by atomic mass is 127. The summed E-state index contributed by atoms with van der Waals surface area (Å²) < 4.78 is 3.02. The van der Waals surface area contributed by atoms with Crippen LogP contribution < -0.4 is 3.53 Å². The van der Waals surface area contributed by atoms with Gasteiger partial charge in [-0.15, -0.1) is 0 Å². The Balaban J connectivity index is 2.56. The molecule has 0 radical (unpaired) electrons. The number of hydrogen-bond donors (Lipinski definition) is 2. The molecule has 0 amide bonds.